The third kappa shape index (κ3) is 4.39. The Morgan fingerprint density at radius 2 is 2.24 bits per heavy atom. The first-order valence-corrected chi connectivity index (χ1v) is 6.77. The highest BCUT2D eigenvalue weighted by molar-refractivity contribution is 9.10. The van der Waals surface area contributed by atoms with Gasteiger partial charge in [0.05, 0.1) is 10.7 Å². The number of carbonyl (C=O) groups is 1. The lowest BCUT2D eigenvalue weighted by atomic mass is 10.2. The van der Waals surface area contributed by atoms with Crippen molar-refractivity contribution in [3.8, 4) is 5.75 Å². The van der Waals surface area contributed by atoms with Gasteiger partial charge in [-0.05, 0) is 34.1 Å². The van der Waals surface area contributed by atoms with Crippen LogP contribution < -0.4 is 4.74 Å². The van der Waals surface area contributed by atoms with E-state index in [0.717, 1.165) is 12.3 Å². The summed E-state index contributed by atoms with van der Waals surface area (Å²) in [7, 11) is 0. The van der Waals surface area contributed by atoms with E-state index in [1.807, 2.05) is 0 Å². The molecule has 0 aliphatic heterocycles. The van der Waals surface area contributed by atoms with Gasteiger partial charge in [0.2, 0.25) is 0 Å². The van der Waals surface area contributed by atoms with E-state index in [4.69, 9.17) is 9.84 Å². The van der Waals surface area contributed by atoms with E-state index in [9.17, 15) is 9.18 Å². The topological polar surface area (TPSA) is 59.4 Å². The van der Waals surface area contributed by atoms with Crippen LogP contribution in [0.25, 0.3) is 6.08 Å². The summed E-state index contributed by atoms with van der Waals surface area (Å²) in [6.45, 7) is 0.126. The lowest BCUT2D eigenvalue weighted by Crippen LogP contribution is -1.99. The van der Waals surface area contributed by atoms with Gasteiger partial charge in [-0.3, -0.25) is 4.98 Å². The van der Waals surface area contributed by atoms with Gasteiger partial charge in [0, 0.05) is 23.4 Å². The molecule has 1 N–H and O–H groups in total. The molecule has 1 aromatic heterocycles. The molecule has 0 spiro atoms. The van der Waals surface area contributed by atoms with Gasteiger partial charge in [0.25, 0.3) is 0 Å². The lowest BCUT2D eigenvalue weighted by molar-refractivity contribution is -0.131. The van der Waals surface area contributed by atoms with Crippen LogP contribution in [0.1, 0.15) is 11.1 Å². The van der Waals surface area contributed by atoms with Crippen molar-refractivity contribution in [2.75, 3.05) is 0 Å². The van der Waals surface area contributed by atoms with E-state index in [2.05, 4.69) is 20.9 Å². The van der Waals surface area contributed by atoms with E-state index in [0.29, 0.717) is 21.3 Å². The number of ether oxygens (including phenoxy) is 1. The fourth-order valence-corrected chi connectivity index (χ4v) is 2.16. The van der Waals surface area contributed by atoms with Crippen molar-refractivity contribution in [2.24, 2.45) is 0 Å². The van der Waals surface area contributed by atoms with E-state index < -0.39 is 11.8 Å². The SMILES string of the molecule is O=C(O)/C=C/c1cccc(Br)c1OCc1cncc(F)c1. The predicted octanol–water partition coefficient (Wildman–Crippen LogP) is 3.66. The van der Waals surface area contributed by atoms with Crippen LogP contribution in [0.2, 0.25) is 0 Å². The summed E-state index contributed by atoms with van der Waals surface area (Å²) >= 11 is 3.35. The molecular weight excluding hydrogens is 341 g/mol. The quantitative estimate of drug-likeness (QED) is 0.835. The summed E-state index contributed by atoms with van der Waals surface area (Å²) in [5, 5.41) is 8.68. The Kier molecular flexibility index (Phi) is 5.05. The second kappa shape index (κ2) is 6.99. The van der Waals surface area contributed by atoms with Crippen molar-refractivity contribution in [3.05, 3.63) is 64.2 Å². The van der Waals surface area contributed by atoms with Crippen molar-refractivity contribution in [1.29, 1.82) is 0 Å². The van der Waals surface area contributed by atoms with Crippen LogP contribution >= 0.6 is 15.9 Å². The molecule has 2 rings (SSSR count). The molecule has 0 saturated carbocycles. The number of carboxylic acid groups (broad SMARTS) is 1. The smallest absolute Gasteiger partial charge is 0.328 e. The number of hydrogen-bond acceptors (Lipinski definition) is 3. The van der Waals surface area contributed by atoms with Gasteiger partial charge < -0.3 is 9.84 Å². The van der Waals surface area contributed by atoms with Crippen LogP contribution in [-0.4, -0.2) is 16.1 Å². The minimum Gasteiger partial charge on any atom is -0.487 e. The third-order valence-electron chi connectivity index (χ3n) is 2.55. The van der Waals surface area contributed by atoms with Crippen LogP contribution in [0.15, 0.2) is 47.2 Å². The monoisotopic (exact) mass is 351 g/mol. The molecule has 6 heteroatoms. The molecule has 108 valence electrons. The van der Waals surface area contributed by atoms with Crippen LogP contribution in [0.4, 0.5) is 4.39 Å². The highest BCUT2D eigenvalue weighted by Crippen LogP contribution is 2.30. The molecule has 0 amide bonds. The Morgan fingerprint density at radius 1 is 1.43 bits per heavy atom. The summed E-state index contributed by atoms with van der Waals surface area (Å²) in [6.07, 6.45) is 5.08. The average molecular weight is 352 g/mol. The minimum atomic E-state index is -1.05. The number of pyridine rings is 1. The molecule has 1 aromatic carbocycles. The maximum atomic E-state index is 13.1. The Labute approximate surface area is 129 Å². The summed E-state index contributed by atoms with van der Waals surface area (Å²) in [4.78, 5) is 14.3. The Balaban J connectivity index is 2.20. The predicted molar refractivity (Wildman–Crippen MR) is 79.3 cm³/mol. The molecule has 0 atom stereocenters. The van der Waals surface area contributed by atoms with Gasteiger partial charge in [-0.15, -0.1) is 0 Å². The standard InChI is InChI=1S/C15H11BrFNO3/c16-13-3-1-2-11(4-5-14(19)20)15(13)21-9-10-6-12(17)8-18-7-10/h1-8H,9H2,(H,19,20)/b5-4+. The number of rotatable bonds is 5. The molecule has 0 fully saturated rings. The van der Waals surface area contributed by atoms with Crippen LogP contribution in [0.3, 0.4) is 0 Å². The van der Waals surface area contributed by atoms with Gasteiger partial charge in [-0.25, -0.2) is 9.18 Å². The largest absolute Gasteiger partial charge is 0.487 e. The van der Waals surface area contributed by atoms with Crippen molar-refractivity contribution in [1.82, 2.24) is 4.98 Å². The summed E-state index contributed by atoms with van der Waals surface area (Å²) < 4.78 is 19.4. The minimum absolute atomic E-state index is 0.126. The van der Waals surface area contributed by atoms with Gasteiger partial charge in [-0.2, -0.15) is 0 Å². The van der Waals surface area contributed by atoms with E-state index in [1.54, 1.807) is 18.2 Å². The van der Waals surface area contributed by atoms with Gasteiger partial charge in [0.1, 0.15) is 18.2 Å². The van der Waals surface area contributed by atoms with E-state index >= 15 is 0 Å². The number of hydrogen-bond donors (Lipinski definition) is 1. The van der Waals surface area contributed by atoms with Crippen molar-refractivity contribution < 1.29 is 19.0 Å². The highest BCUT2D eigenvalue weighted by Gasteiger charge is 2.07. The zero-order chi connectivity index (χ0) is 15.2. The number of halogens is 2. The lowest BCUT2D eigenvalue weighted by Gasteiger charge is -2.11. The molecular formula is C15H11BrFNO3. The number of benzene rings is 1. The molecule has 0 aliphatic carbocycles. The Hall–Kier alpha value is -2.21. The molecule has 0 bridgehead atoms. The van der Waals surface area contributed by atoms with Crippen molar-refractivity contribution in [2.45, 2.75) is 6.61 Å². The summed E-state index contributed by atoms with van der Waals surface area (Å²) in [6, 6.07) is 6.60. The number of carboxylic acids is 1. The Morgan fingerprint density at radius 3 is 2.95 bits per heavy atom. The average Bonchev–Trinajstić information content (AvgIpc) is 2.44. The van der Waals surface area contributed by atoms with E-state index in [-0.39, 0.29) is 6.61 Å². The number of nitrogens with zero attached hydrogens (tertiary/aromatic N) is 1. The zero-order valence-corrected chi connectivity index (χ0v) is 12.4. The summed E-state index contributed by atoms with van der Waals surface area (Å²) in [5.74, 6) is -0.997. The number of para-hydroxylation sites is 1. The molecule has 2 aromatic rings. The molecule has 0 aliphatic rings. The maximum Gasteiger partial charge on any atom is 0.328 e. The van der Waals surface area contributed by atoms with E-state index in [1.165, 1.54) is 18.3 Å². The summed E-state index contributed by atoms with van der Waals surface area (Å²) in [5.41, 5.74) is 1.19. The van der Waals surface area contributed by atoms with Gasteiger partial charge >= 0.3 is 5.97 Å². The molecule has 21 heavy (non-hydrogen) atoms. The highest BCUT2D eigenvalue weighted by atomic mass is 79.9. The normalized spacial score (nSPS) is 10.8. The maximum absolute atomic E-state index is 13.1. The fourth-order valence-electron chi connectivity index (χ4n) is 1.66. The van der Waals surface area contributed by atoms with Crippen LogP contribution in [0, 0.1) is 5.82 Å². The van der Waals surface area contributed by atoms with Gasteiger partial charge in [-0.1, -0.05) is 12.1 Å². The zero-order valence-electron chi connectivity index (χ0n) is 10.8. The van der Waals surface area contributed by atoms with Crippen LogP contribution in [0.5, 0.6) is 5.75 Å². The molecule has 1 heterocycles. The first-order valence-electron chi connectivity index (χ1n) is 5.98. The fraction of sp³-hybridized carbons (Fsp3) is 0.0667. The number of aliphatic carboxylic acids is 1. The van der Waals surface area contributed by atoms with Crippen LogP contribution in [-0.2, 0) is 11.4 Å². The number of aromatic nitrogens is 1. The van der Waals surface area contributed by atoms with Crippen molar-refractivity contribution in [3.63, 3.8) is 0 Å². The van der Waals surface area contributed by atoms with Gasteiger partial charge in [0.15, 0.2) is 0 Å². The first-order chi connectivity index (χ1) is 10.1. The van der Waals surface area contributed by atoms with Crippen molar-refractivity contribution >= 4 is 28.0 Å². The third-order valence-corrected chi connectivity index (χ3v) is 3.17. The first kappa shape index (κ1) is 15.2. The molecule has 4 nitrogen and oxygen atoms in total. The molecule has 0 saturated heterocycles. The Bertz CT molecular complexity index is 688. The second-order valence-electron chi connectivity index (χ2n) is 4.13. The second-order valence-corrected chi connectivity index (χ2v) is 4.98. The molecule has 0 unspecified atom stereocenters. The molecule has 0 radical (unpaired) electrons.